The van der Waals surface area contributed by atoms with E-state index in [1.165, 1.54) is 0 Å². The monoisotopic (exact) mass is 433 g/mol. The highest BCUT2D eigenvalue weighted by Gasteiger charge is 2.18. The van der Waals surface area contributed by atoms with Crippen molar-refractivity contribution in [3.63, 3.8) is 0 Å². The van der Waals surface area contributed by atoms with Gasteiger partial charge in [0, 0.05) is 41.5 Å². The number of halogens is 2. The summed E-state index contributed by atoms with van der Waals surface area (Å²) in [5, 5.41) is 4.52. The van der Waals surface area contributed by atoms with Crippen LogP contribution in [0.25, 0.3) is 0 Å². The number of imidazole rings is 1. The van der Waals surface area contributed by atoms with Gasteiger partial charge in [0.2, 0.25) is 5.88 Å². The number of ether oxygens (including phenoxy) is 1. The van der Waals surface area contributed by atoms with Crippen LogP contribution in [0.1, 0.15) is 23.9 Å². The first kappa shape index (κ1) is 21.4. The van der Waals surface area contributed by atoms with Gasteiger partial charge < -0.3 is 19.9 Å². The molecule has 1 aromatic carbocycles. The van der Waals surface area contributed by atoms with Crippen molar-refractivity contribution in [2.75, 3.05) is 32.5 Å². The fourth-order valence-corrected chi connectivity index (χ4v) is 3.50. The summed E-state index contributed by atoms with van der Waals surface area (Å²) in [5.41, 5.74) is 0.960. The van der Waals surface area contributed by atoms with Crippen LogP contribution >= 0.6 is 23.2 Å². The number of nitrogens with one attached hydrogen (secondary N) is 2. The van der Waals surface area contributed by atoms with Crippen LogP contribution in [0, 0.1) is 0 Å². The summed E-state index contributed by atoms with van der Waals surface area (Å²) < 4.78 is 6.19. The molecule has 0 bridgehead atoms. The number of hydrogen-bond donors (Lipinski definition) is 2. The SMILES string of the molecule is CN(C)CCCNc1cccc(OC(Cc2cc(Cl)cc(Cl)c2)c2ncc[nH]2)n1. The molecule has 3 aromatic rings. The highest BCUT2D eigenvalue weighted by Crippen LogP contribution is 2.26. The second-order valence-electron chi connectivity index (χ2n) is 7.01. The molecule has 2 heterocycles. The first-order valence-electron chi connectivity index (χ1n) is 9.46. The molecule has 0 fully saturated rings. The third-order valence-electron chi connectivity index (χ3n) is 4.24. The largest absolute Gasteiger partial charge is 0.466 e. The van der Waals surface area contributed by atoms with E-state index in [1.54, 1.807) is 18.5 Å². The maximum atomic E-state index is 6.19. The fourth-order valence-electron chi connectivity index (χ4n) is 2.93. The van der Waals surface area contributed by atoms with E-state index in [1.807, 2.05) is 30.3 Å². The molecular weight excluding hydrogens is 409 g/mol. The third-order valence-corrected chi connectivity index (χ3v) is 4.68. The van der Waals surface area contributed by atoms with Gasteiger partial charge >= 0.3 is 0 Å². The Labute approximate surface area is 181 Å². The van der Waals surface area contributed by atoms with Crippen LogP contribution in [0.4, 0.5) is 5.82 Å². The number of rotatable bonds is 10. The van der Waals surface area contributed by atoms with E-state index < -0.39 is 0 Å². The quantitative estimate of drug-likeness (QED) is 0.447. The number of benzene rings is 1. The van der Waals surface area contributed by atoms with Crippen molar-refractivity contribution >= 4 is 29.0 Å². The summed E-state index contributed by atoms with van der Waals surface area (Å²) >= 11 is 12.3. The van der Waals surface area contributed by atoms with Crippen LogP contribution in [0.5, 0.6) is 5.88 Å². The molecule has 1 unspecified atom stereocenters. The number of hydrogen-bond acceptors (Lipinski definition) is 5. The second kappa shape index (κ2) is 10.5. The molecule has 154 valence electrons. The molecule has 0 radical (unpaired) electrons. The lowest BCUT2D eigenvalue weighted by molar-refractivity contribution is 0.189. The molecule has 0 aliphatic heterocycles. The predicted molar refractivity (Wildman–Crippen MR) is 118 cm³/mol. The van der Waals surface area contributed by atoms with Gasteiger partial charge in [-0.15, -0.1) is 0 Å². The standard InChI is InChI=1S/C21H25Cl2N5O/c1-28(2)10-4-7-24-19-5-3-6-20(27-19)29-18(21-25-8-9-26-21)13-15-11-16(22)14-17(23)12-15/h3,5-6,8-9,11-12,14,18H,4,7,10,13H2,1-2H3,(H,24,27)(H,25,26). The van der Waals surface area contributed by atoms with Crippen LogP contribution < -0.4 is 10.1 Å². The van der Waals surface area contributed by atoms with Crippen molar-refractivity contribution in [3.8, 4) is 5.88 Å². The average molecular weight is 434 g/mol. The molecule has 3 rings (SSSR count). The molecule has 0 aliphatic carbocycles. The number of pyridine rings is 1. The number of nitrogens with zero attached hydrogens (tertiary/aromatic N) is 3. The van der Waals surface area contributed by atoms with Crippen molar-refractivity contribution in [2.45, 2.75) is 18.9 Å². The Morgan fingerprint density at radius 2 is 1.97 bits per heavy atom. The van der Waals surface area contributed by atoms with Gasteiger partial charge in [-0.25, -0.2) is 4.98 Å². The highest BCUT2D eigenvalue weighted by atomic mass is 35.5. The Morgan fingerprint density at radius 1 is 1.17 bits per heavy atom. The normalized spacial score (nSPS) is 12.2. The third kappa shape index (κ3) is 6.92. The van der Waals surface area contributed by atoms with Gasteiger partial charge in [0.15, 0.2) is 6.10 Å². The summed E-state index contributed by atoms with van der Waals surface area (Å²) in [4.78, 5) is 14.2. The maximum Gasteiger partial charge on any atom is 0.215 e. The summed E-state index contributed by atoms with van der Waals surface area (Å²) in [6, 6.07) is 11.2. The van der Waals surface area contributed by atoms with E-state index in [9.17, 15) is 0 Å². The van der Waals surface area contributed by atoms with Gasteiger partial charge in [-0.2, -0.15) is 4.98 Å². The van der Waals surface area contributed by atoms with Gasteiger partial charge in [-0.1, -0.05) is 29.3 Å². The number of H-pyrrole nitrogens is 1. The fraction of sp³-hybridized carbons (Fsp3) is 0.333. The van der Waals surface area contributed by atoms with Crippen molar-refractivity contribution < 1.29 is 4.74 Å². The molecule has 0 saturated carbocycles. The average Bonchev–Trinajstić information content (AvgIpc) is 3.19. The highest BCUT2D eigenvalue weighted by molar-refractivity contribution is 6.34. The summed E-state index contributed by atoms with van der Waals surface area (Å²) in [5.74, 6) is 2.02. The van der Waals surface area contributed by atoms with Gasteiger partial charge in [-0.05, 0) is 56.9 Å². The van der Waals surface area contributed by atoms with Gasteiger partial charge in [0.05, 0.1) is 0 Å². The number of aromatic amines is 1. The van der Waals surface area contributed by atoms with E-state index in [0.717, 1.165) is 30.9 Å². The lowest BCUT2D eigenvalue weighted by Gasteiger charge is -2.18. The zero-order valence-corrected chi connectivity index (χ0v) is 18.0. The molecule has 0 aliphatic rings. The molecule has 29 heavy (non-hydrogen) atoms. The lowest BCUT2D eigenvalue weighted by Crippen LogP contribution is -2.17. The Morgan fingerprint density at radius 3 is 2.66 bits per heavy atom. The molecule has 8 heteroatoms. The Balaban J connectivity index is 1.70. The first-order chi connectivity index (χ1) is 14.0. The topological polar surface area (TPSA) is 66.1 Å². The van der Waals surface area contributed by atoms with Crippen LogP contribution in [-0.4, -0.2) is 47.0 Å². The van der Waals surface area contributed by atoms with Crippen molar-refractivity contribution in [2.24, 2.45) is 0 Å². The molecule has 6 nitrogen and oxygen atoms in total. The first-order valence-corrected chi connectivity index (χ1v) is 10.2. The minimum absolute atomic E-state index is 0.351. The predicted octanol–water partition coefficient (Wildman–Crippen LogP) is 4.84. The minimum atomic E-state index is -0.351. The summed E-state index contributed by atoms with van der Waals surface area (Å²) in [7, 11) is 4.13. The van der Waals surface area contributed by atoms with Crippen molar-refractivity contribution in [1.82, 2.24) is 19.9 Å². The van der Waals surface area contributed by atoms with Crippen LogP contribution in [0.3, 0.4) is 0 Å². The smallest absolute Gasteiger partial charge is 0.215 e. The minimum Gasteiger partial charge on any atom is -0.466 e. The second-order valence-corrected chi connectivity index (χ2v) is 7.88. The van der Waals surface area contributed by atoms with Gasteiger partial charge in [0.1, 0.15) is 11.6 Å². The zero-order chi connectivity index (χ0) is 20.6. The van der Waals surface area contributed by atoms with Crippen LogP contribution in [0.15, 0.2) is 48.8 Å². The zero-order valence-electron chi connectivity index (χ0n) is 16.5. The summed E-state index contributed by atoms with van der Waals surface area (Å²) in [6.45, 7) is 1.86. The number of anilines is 1. The van der Waals surface area contributed by atoms with E-state index in [-0.39, 0.29) is 6.10 Å². The van der Waals surface area contributed by atoms with Crippen molar-refractivity contribution in [1.29, 1.82) is 0 Å². The van der Waals surface area contributed by atoms with Gasteiger partial charge in [-0.3, -0.25) is 0 Å². The molecule has 2 N–H and O–H groups in total. The summed E-state index contributed by atoms with van der Waals surface area (Å²) in [6.07, 6.45) is 4.70. The molecular formula is C21H25Cl2N5O. The van der Waals surface area contributed by atoms with Crippen LogP contribution in [0.2, 0.25) is 10.0 Å². The van der Waals surface area contributed by atoms with E-state index in [4.69, 9.17) is 27.9 Å². The molecule has 1 atom stereocenters. The lowest BCUT2D eigenvalue weighted by atomic mass is 10.1. The van der Waals surface area contributed by atoms with E-state index >= 15 is 0 Å². The number of aromatic nitrogens is 3. The van der Waals surface area contributed by atoms with Gasteiger partial charge in [0.25, 0.3) is 0 Å². The molecule has 2 aromatic heterocycles. The van der Waals surface area contributed by atoms with Crippen molar-refractivity contribution in [3.05, 3.63) is 70.2 Å². The molecule has 0 amide bonds. The Hall–Kier alpha value is -2.28. The Bertz CT molecular complexity index is 882. The Kier molecular flexibility index (Phi) is 7.75. The maximum absolute atomic E-state index is 6.19. The van der Waals surface area contributed by atoms with E-state index in [2.05, 4.69) is 39.3 Å². The van der Waals surface area contributed by atoms with E-state index in [0.29, 0.717) is 28.2 Å². The molecule has 0 saturated heterocycles. The molecule has 0 spiro atoms. The van der Waals surface area contributed by atoms with Crippen LogP contribution in [-0.2, 0) is 6.42 Å².